The van der Waals surface area contributed by atoms with Crippen LogP contribution >= 0.6 is 21.6 Å². The largest absolute Gasteiger partial charge is 0.508 e. The molecule has 0 aliphatic carbocycles. The number of amides is 17. The highest BCUT2D eigenvalue weighted by atomic mass is 33.1. The number of carboxylic acids is 2. The van der Waals surface area contributed by atoms with E-state index in [0.29, 0.717) is 32.5 Å². The lowest BCUT2D eigenvalue weighted by Gasteiger charge is -2.31. The van der Waals surface area contributed by atoms with Gasteiger partial charge in [0.25, 0.3) is 0 Å². The van der Waals surface area contributed by atoms with E-state index in [0.717, 1.165) is 17.2 Å². The number of carboxylic acid groups (broad SMARTS) is 2. The van der Waals surface area contributed by atoms with Crippen molar-refractivity contribution in [1.82, 2.24) is 101 Å². The van der Waals surface area contributed by atoms with Crippen LogP contribution in [-0.4, -0.2) is 298 Å². The third-order valence-corrected chi connectivity index (χ3v) is 25.3. The topological polar surface area (TPSA) is 886 Å². The van der Waals surface area contributed by atoms with Gasteiger partial charge in [-0.25, -0.2) is 4.79 Å². The van der Waals surface area contributed by atoms with Crippen molar-refractivity contribution in [1.29, 1.82) is 21.6 Å². The number of nitrogens with two attached hydrogens (primary N) is 7. The van der Waals surface area contributed by atoms with Gasteiger partial charge in [-0.05, 0) is 167 Å². The molecule has 2 aliphatic rings. The number of rotatable bonds is 46. The van der Waals surface area contributed by atoms with Crippen molar-refractivity contribution >= 4 is 163 Å². The van der Waals surface area contributed by atoms with Crippen LogP contribution in [0.25, 0.3) is 10.8 Å². The molecule has 14 atom stereocenters. The molecule has 0 aromatic heterocycles. The lowest BCUT2D eigenvalue weighted by atomic mass is 10.00. The summed E-state index contributed by atoms with van der Waals surface area (Å²) in [4.78, 5) is 263. The van der Waals surface area contributed by atoms with Gasteiger partial charge in [-0.2, -0.15) is 0 Å². The number of benzene rings is 4. The van der Waals surface area contributed by atoms with Gasteiger partial charge in [0.05, 0.1) is 0 Å². The van der Waals surface area contributed by atoms with Gasteiger partial charge in [0.15, 0.2) is 23.8 Å². The van der Waals surface area contributed by atoms with E-state index in [1.165, 1.54) is 48.5 Å². The van der Waals surface area contributed by atoms with Crippen LogP contribution < -0.4 is 136 Å². The second-order valence-corrected chi connectivity index (χ2v) is 36.8. The van der Waals surface area contributed by atoms with Crippen LogP contribution in [0.3, 0.4) is 0 Å². The predicted octanol–water partition coefficient (Wildman–Crippen LogP) is -6.17. The zero-order valence-electron chi connectivity index (χ0n) is 79.6. The van der Waals surface area contributed by atoms with Crippen LogP contribution in [0.2, 0.25) is 0 Å². The number of primary amides is 2. The number of urea groups is 1. The monoisotopic (exact) mass is 2050 g/mol. The van der Waals surface area contributed by atoms with Crippen molar-refractivity contribution in [2.75, 3.05) is 57.3 Å². The smallest absolute Gasteiger partial charge is 0.312 e. The van der Waals surface area contributed by atoms with Gasteiger partial charge in [0, 0.05) is 89.8 Å². The Hall–Kier alpha value is -15.3. The number of fused-ring (bicyclic) bond motifs is 2. The Kier molecular flexibility index (Phi) is 50.1. The molecule has 788 valence electrons. The Morgan fingerprint density at radius 3 is 1.32 bits per heavy atom. The Labute approximate surface area is 837 Å². The number of hydrogen-bond donors (Lipinski definition) is 33. The van der Waals surface area contributed by atoms with Crippen LogP contribution in [0.1, 0.15) is 146 Å². The molecule has 6 rings (SSSR count). The fraction of sp³-hybridized carbons (Fsp3) is 0.511. The highest BCUT2D eigenvalue weighted by Gasteiger charge is 2.43. The molecule has 17 amide bonds. The van der Waals surface area contributed by atoms with E-state index in [4.69, 9.17) is 61.8 Å². The lowest BCUT2D eigenvalue weighted by molar-refractivity contribution is -0.143. The Morgan fingerprint density at radius 1 is 0.431 bits per heavy atom. The Balaban J connectivity index is 1.62. The minimum absolute atomic E-state index is 0.00750. The summed E-state index contributed by atoms with van der Waals surface area (Å²) in [6.45, 7) is 0.615. The van der Waals surface area contributed by atoms with Crippen molar-refractivity contribution in [3.05, 3.63) is 108 Å². The standard InChI is InChI=1S/C90H134N30O22S2/c1-48(121)107-57(16-7-37-103-87(95)96)73(129)110-61(18-9-39-105-89(99)100)77(133)115-66(45-51-21-26-52-12-2-3-13-53(52)42-51)81(137)119-68-47-144-143-46-67(82(138)108-56(72(92)128)15-6-36-102-86(93)94)118-78(134)62(31-33-70(124)125)113-75(131)59(17-8-38-104-88(97)98)112-80(136)65(44-50-24-29-55(123)30-25-50)117-84(140)69-20-11-41-120(69)85(141)63(32-34-71(126)127)114-76(132)58(14-4-5-35-91)109-74(130)60(19-10-40-106-90(101)142)111-79(135)64(116-83(68)139)43-49-22-27-54(122)28-23-49/h2-3,12-13,21-30,42,56-69,122-123H,4-11,14-20,31-41,43-47,91H2,1H3,(H2,92,128)(H,107,121)(H,108,138)(H,109,130)(H,110,129)(H,111,135)(H,112,136)(H,113,131)(H,114,132)(H,115,133)(H,116,139)(H,117,140)(H,118,134)(H,119,137)(H,124,125)(H,126,127)(H4,93,94,102)(H4,95,96,103)(H4,97,98,104)(H4,99,100,105)(H3,101,106,142)/t56-,57-,58-,59-,60-,61-,62-,63+,64-,65-,66-,67-,68-,69-/m0/s1. The van der Waals surface area contributed by atoms with Crippen molar-refractivity contribution in [3.8, 4) is 11.5 Å². The van der Waals surface area contributed by atoms with Crippen LogP contribution in [0.4, 0.5) is 4.79 Å². The first kappa shape index (κ1) is 117. The van der Waals surface area contributed by atoms with Crippen molar-refractivity contribution in [2.24, 2.45) is 40.1 Å². The van der Waals surface area contributed by atoms with Crippen LogP contribution in [-0.2, 0) is 101 Å². The number of guanidine groups is 4. The van der Waals surface area contributed by atoms with Gasteiger partial charge in [-0.15, -0.1) is 0 Å². The van der Waals surface area contributed by atoms with E-state index in [1.54, 1.807) is 42.5 Å². The van der Waals surface area contributed by atoms with E-state index < -0.39 is 272 Å². The molecule has 4 aromatic rings. The fourth-order valence-electron chi connectivity index (χ4n) is 15.4. The average Bonchev–Trinajstić information content (AvgIpc) is 1.60. The number of carbonyl (C=O) groups excluding carboxylic acids is 16. The predicted molar refractivity (Wildman–Crippen MR) is 531 cm³/mol. The summed E-state index contributed by atoms with van der Waals surface area (Å²) < 4.78 is 0. The molecule has 4 aromatic carbocycles. The number of carbonyl (C=O) groups is 18. The second kappa shape index (κ2) is 61.4. The van der Waals surface area contributed by atoms with Gasteiger partial charge < -0.3 is 161 Å². The van der Waals surface area contributed by atoms with Gasteiger partial charge >= 0.3 is 18.0 Å². The summed E-state index contributed by atoms with van der Waals surface area (Å²) in [5.41, 5.74) is 40.4. The zero-order valence-corrected chi connectivity index (χ0v) is 81.2. The third kappa shape index (κ3) is 43.1. The molecule has 144 heavy (non-hydrogen) atoms. The molecule has 0 unspecified atom stereocenters. The second-order valence-electron chi connectivity index (χ2n) is 34.3. The summed E-state index contributed by atoms with van der Waals surface area (Å²) in [6, 6.07) is -2.60. The SMILES string of the molecule is CC(=O)N[C@@H](CCCNC(=N)N)C(=O)N[C@@H](CCCNC(=N)N)C(=O)N[C@@H](Cc1ccc2ccccc2c1)C(=O)N[C@H]1CSSC[C@@H](C(=O)N[C@@H](CCCNC(=N)N)C(N)=O)NC(=O)[C@H](CCC(=O)O)NC(=O)[C@H](CCCNC(=N)N)NC(=O)[C@H](Cc2ccc(O)cc2)NC(=O)[C@@H]2CCCN2C(=O)[C@@H](CCC(=O)O)NC(=O)[C@H](CCCCN)NC(=O)[C@H](CCCNC(N)=O)NC(=O)[C@H](Cc2ccc(O)cc2)NC1=O. The van der Waals surface area contributed by atoms with Crippen molar-refractivity contribution in [3.63, 3.8) is 0 Å². The number of aliphatic carboxylic acids is 2. The van der Waals surface area contributed by atoms with E-state index in [2.05, 4.69) is 95.7 Å². The highest BCUT2D eigenvalue weighted by Crippen LogP contribution is 2.27. The number of phenolic OH excluding ortho intramolecular Hbond substituents is 2. The number of aromatic hydroxyl groups is 2. The van der Waals surface area contributed by atoms with E-state index in [1.807, 2.05) is 0 Å². The fourth-order valence-corrected chi connectivity index (χ4v) is 17.7. The summed E-state index contributed by atoms with van der Waals surface area (Å²) in [7, 11) is 1.37. The van der Waals surface area contributed by atoms with Crippen LogP contribution in [0.15, 0.2) is 91.0 Å². The molecule has 0 bridgehead atoms. The molecule has 2 aliphatic heterocycles. The summed E-state index contributed by atoms with van der Waals surface area (Å²) in [5.74, 6) is -22.8. The molecule has 2 heterocycles. The number of hydrogen-bond acceptors (Lipinski definition) is 27. The first-order valence-corrected chi connectivity index (χ1v) is 49.2. The molecule has 2 fully saturated rings. The summed E-state index contributed by atoms with van der Waals surface area (Å²) in [6.07, 6.45) is -5.79. The van der Waals surface area contributed by atoms with Gasteiger partial charge in [0.2, 0.25) is 88.6 Å². The first-order valence-electron chi connectivity index (χ1n) is 46.8. The molecule has 52 nitrogen and oxygen atoms in total. The molecule has 40 N–H and O–H groups in total. The molecular formula is C90H134N30O22S2. The van der Waals surface area contributed by atoms with Gasteiger partial charge in [-0.1, -0.05) is 88.3 Å². The molecule has 2 saturated heterocycles. The first-order chi connectivity index (χ1) is 68.5. The molecular weight excluding hydrogens is 1920 g/mol. The molecule has 54 heteroatoms. The quantitative estimate of drug-likeness (QED) is 0.00847. The maximum absolute atomic E-state index is 16.0. The lowest BCUT2D eigenvalue weighted by Crippen LogP contribution is -2.61. The minimum atomic E-state index is -1.98. The molecule has 0 radical (unpaired) electrons. The maximum atomic E-state index is 16.0. The van der Waals surface area contributed by atoms with Crippen LogP contribution in [0, 0.1) is 21.6 Å². The van der Waals surface area contributed by atoms with Crippen LogP contribution in [0.5, 0.6) is 11.5 Å². The molecule has 0 spiro atoms. The van der Waals surface area contributed by atoms with E-state index in [-0.39, 0.29) is 164 Å². The normalized spacial score (nSPS) is 20.1. The Morgan fingerprint density at radius 2 is 0.840 bits per heavy atom. The maximum Gasteiger partial charge on any atom is 0.312 e. The van der Waals surface area contributed by atoms with Gasteiger partial charge in [0.1, 0.15) is 96.1 Å². The van der Waals surface area contributed by atoms with Gasteiger partial charge in [-0.3, -0.25) is 103 Å². The molecule has 0 saturated carbocycles. The van der Waals surface area contributed by atoms with Crippen molar-refractivity contribution in [2.45, 2.75) is 233 Å². The number of nitrogens with zero attached hydrogens (tertiary/aromatic N) is 1. The third-order valence-electron chi connectivity index (χ3n) is 22.8. The van der Waals surface area contributed by atoms with E-state index >= 15 is 57.5 Å². The van der Waals surface area contributed by atoms with Crippen molar-refractivity contribution < 1.29 is 107 Å². The minimum Gasteiger partial charge on any atom is -0.508 e. The number of unbranched alkanes of at least 4 members (excludes halogenated alkanes) is 1. The number of phenols is 2. The zero-order chi connectivity index (χ0) is 106. The average molecular weight is 2050 g/mol. The van der Waals surface area contributed by atoms with E-state index in [9.17, 15) is 49.2 Å². The number of nitrogens with one attached hydrogen (secondary N) is 22. The Bertz CT molecular complexity index is 5150. The summed E-state index contributed by atoms with van der Waals surface area (Å²) >= 11 is 0. The summed E-state index contributed by atoms with van der Waals surface area (Å²) in [5, 5.41) is 120. The highest BCUT2D eigenvalue weighted by molar-refractivity contribution is 8.76.